The number of hydroxylamine groups is 2. The summed E-state index contributed by atoms with van der Waals surface area (Å²) in [5.74, 6) is -3.81. The van der Waals surface area contributed by atoms with Crippen molar-refractivity contribution in [3.63, 3.8) is 0 Å². The lowest BCUT2D eigenvalue weighted by atomic mass is 9.99. The molecule has 3 fully saturated rings. The molecule has 4 amide bonds. The summed E-state index contributed by atoms with van der Waals surface area (Å²) >= 11 is 0. The van der Waals surface area contributed by atoms with Crippen LogP contribution in [0, 0.1) is 5.92 Å². The van der Waals surface area contributed by atoms with Crippen LogP contribution in [-0.4, -0.2) is 76.7 Å². The average Bonchev–Trinajstić information content (AvgIpc) is 2.91. The number of carboxylic acids is 1. The van der Waals surface area contributed by atoms with Crippen LogP contribution in [0.1, 0.15) is 25.7 Å². The first-order valence-electron chi connectivity index (χ1n) is 8.91. The number of halogens is 2. The molecule has 0 spiro atoms. The summed E-state index contributed by atoms with van der Waals surface area (Å²) in [6, 6.07) is -2.79. The van der Waals surface area contributed by atoms with E-state index in [2.05, 4.69) is 21.0 Å². The number of aliphatic carboxylic acids is 1. The van der Waals surface area contributed by atoms with Crippen LogP contribution in [0.5, 0.6) is 0 Å². The highest BCUT2D eigenvalue weighted by atomic mass is 19.3. The Kier molecular flexibility index (Phi) is 5.65. The number of rotatable bonds is 5. The largest absolute Gasteiger partial charge is 0.476 e. The van der Waals surface area contributed by atoms with Gasteiger partial charge in [0, 0.05) is 13.1 Å². The Morgan fingerprint density at radius 2 is 1.89 bits per heavy atom. The van der Waals surface area contributed by atoms with Crippen molar-refractivity contribution in [1.29, 1.82) is 0 Å². The molecule has 3 atom stereocenters. The predicted molar refractivity (Wildman–Crippen MR) is 86.3 cm³/mol. The summed E-state index contributed by atoms with van der Waals surface area (Å²) in [6.07, 6.45) is -2.71. The normalized spacial score (nSPS) is 27.5. The molecule has 0 aromatic carbocycles. The molecule has 3 aliphatic rings. The van der Waals surface area contributed by atoms with Gasteiger partial charge in [-0.3, -0.25) is 20.4 Å². The average molecular weight is 405 g/mol. The van der Waals surface area contributed by atoms with E-state index in [0.717, 1.165) is 17.9 Å². The van der Waals surface area contributed by atoms with Gasteiger partial charge < -0.3 is 15.3 Å². The maximum absolute atomic E-state index is 13.3. The van der Waals surface area contributed by atoms with Gasteiger partial charge in [-0.15, -0.1) is 0 Å². The number of urea groups is 1. The van der Waals surface area contributed by atoms with Gasteiger partial charge in [0.1, 0.15) is 6.04 Å². The molecule has 0 saturated carbocycles. The van der Waals surface area contributed by atoms with E-state index >= 15 is 0 Å². The topological polar surface area (TPSA) is 140 Å². The zero-order chi connectivity index (χ0) is 20.5. The Labute approximate surface area is 158 Å². The summed E-state index contributed by atoms with van der Waals surface area (Å²) in [7, 11) is 0. The monoisotopic (exact) mass is 405 g/mol. The highest BCUT2D eigenvalue weighted by molar-refractivity contribution is 5.90. The number of carboxylic acid groups (broad SMARTS) is 1. The first kappa shape index (κ1) is 20.2. The van der Waals surface area contributed by atoms with Crippen LogP contribution in [-0.2, 0) is 19.2 Å². The van der Waals surface area contributed by atoms with Gasteiger partial charge in [-0.05, 0) is 32.2 Å². The molecular formula is C15H21F2N5O6. The molecule has 3 heterocycles. The Morgan fingerprint density at radius 1 is 1.18 bits per heavy atom. The number of fused-ring (bicyclic) bond motifs is 2. The summed E-state index contributed by atoms with van der Waals surface area (Å²) in [5.41, 5.74) is 4.60. The molecule has 11 nitrogen and oxygen atoms in total. The molecule has 13 heteroatoms. The third-order valence-electron chi connectivity index (χ3n) is 5.06. The van der Waals surface area contributed by atoms with Gasteiger partial charge >= 0.3 is 18.1 Å². The van der Waals surface area contributed by atoms with Gasteiger partial charge in [0.2, 0.25) is 5.91 Å². The number of carbonyl (C=O) groups is 4. The minimum Gasteiger partial charge on any atom is -0.475 e. The van der Waals surface area contributed by atoms with Crippen molar-refractivity contribution in [3.8, 4) is 0 Å². The van der Waals surface area contributed by atoms with Crippen molar-refractivity contribution in [3.05, 3.63) is 0 Å². The number of piperidine rings is 2. The second-order valence-corrected chi connectivity index (χ2v) is 6.94. The smallest absolute Gasteiger partial charge is 0.475 e. The summed E-state index contributed by atoms with van der Waals surface area (Å²) < 4.78 is 26.6. The molecule has 156 valence electrons. The van der Waals surface area contributed by atoms with Crippen molar-refractivity contribution < 1.29 is 37.9 Å². The molecule has 28 heavy (non-hydrogen) atoms. The van der Waals surface area contributed by atoms with E-state index in [-0.39, 0.29) is 31.2 Å². The minimum absolute atomic E-state index is 0.0624. The zero-order valence-corrected chi connectivity index (χ0v) is 14.8. The SMILES string of the molecule is O=C(NNC(=O)[C@@H]1CCCNC1)C1CC[C@@H]2CN1C(=O)N2OC(F)(F)C(=O)O. The van der Waals surface area contributed by atoms with Crippen LogP contribution in [0.2, 0.25) is 0 Å². The number of amides is 4. The molecule has 3 aliphatic heterocycles. The summed E-state index contributed by atoms with van der Waals surface area (Å²) in [4.78, 5) is 52.4. The van der Waals surface area contributed by atoms with Gasteiger partial charge in [0.25, 0.3) is 5.91 Å². The Bertz CT molecular complexity index is 671. The lowest BCUT2D eigenvalue weighted by molar-refractivity contribution is -0.327. The highest BCUT2D eigenvalue weighted by Gasteiger charge is 2.53. The van der Waals surface area contributed by atoms with Gasteiger partial charge in [0.05, 0.1) is 12.0 Å². The lowest BCUT2D eigenvalue weighted by Crippen LogP contribution is -2.55. The van der Waals surface area contributed by atoms with Gasteiger partial charge in [-0.1, -0.05) is 0 Å². The number of hydrazine groups is 1. The second-order valence-electron chi connectivity index (χ2n) is 6.94. The van der Waals surface area contributed by atoms with Crippen LogP contribution in [0.4, 0.5) is 13.6 Å². The molecule has 1 unspecified atom stereocenters. The third-order valence-corrected chi connectivity index (χ3v) is 5.06. The standard InChI is InChI=1S/C15H21F2N5O6/c16-15(17,13(25)26)28-22-9-3-4-10(21(7-9)14(22)27)12(24)20-19-11(23)8-2-1-5-18-6-8/h8-10,18H,1-7H2,(H,19,23)(H,20,24)(H,25,26)/t8-,9-,10?/m1/s1. The van der Waals surface area contributed by atoms with Crippen molar-refractivity contribution in [2.75, 3.05) is 19.6 Å². The van der Waals surface area contributed by atoms with E-state index in [1.165, 1.54) is 0 Å². The maximum Gasteiger partial charge on any atom is 0.476 e. The number of hydrogen-bond acceptors (Lipinski definition) is 6. The number of nitrogens with zero attached hydrogens (tertiary/aromatic N) is 2. The number of alkyl halides is 2. The number of hydrogen-bond donors (Lipinski definition) is 4. The maximum atomic E-state index is 13.3. The number of carbonyl (C=O) groups excluding carboxylic acids is 3. The Morgan fingerprint density at radius 3 is 2.54 bits per heavy atom. The van der Waals surface area contributed by atoms with Crippen molar-refractivity contribution in [2.24, 2.45) is 5.92 Å². The summed E-state index contributed by atoms with van der Waals surface area (Å²) in [6.45, 7) is 1.27. The van der Waals surface area contributed by atoms with Crippen LogP contribution in [0.25, 0.3) is 0 Å². The first-order chi connectivity index (χ1) is 13.2. The zero-order valence-electron chi connectivity index (χ0n) is 14.8. The molecule has 3 rings (SSSR count). The van der Waals surface area contributed by atoms with Gasteiger partial charge in [-0.25, -0.2) is 9.59 Å². The van der Waals surface area contributed by atoms with Crippen LogP contribution in [0.3, 0.4) is 0 Å². The van der Waals surface area contributed by atoms with Gasteiger partial charge in [0.15, 0.2) is 0 Å². The first-order valence-corrected chi connectivity index (χ1v) is 8.91. The van der Waals surface area contributed by atoms with E-state index < -0.39 is 36.1 Å². The fourth-order valence-electron chi connectivity index (χ4n) is 3.57. The quantitative estimate of drug-likeness (QED) is 0.431. The molecule has 2 bridgehead atoms. The fraction of sp³-hybridized carbons (Fsp3) is 0.733. The lowest BCUT2D eigenvalue weighted by Gasteiger charge is -2.29. The molecular weight excluding hydrogens is 384 g/mol. The second kappa shape index (κ2) is 7.83. The van der Waals surface area contributed by atoms with E-state index in [1.807, 2.05) is 0 Å². The van der Waals surface area contributed by atoms with Gasteiger partial charge in [-0.2, -0.15) is 18.7 Å². The predicted octanol–water partition coefficient (Wildman–Crippen LogP) is -0.989. The van der Waals surface area contributed by atoms with E-state index in [1.54, 1.807) is 0 Å². The van der Waals surface area contributed by atoms with Crippen molar-refractivity contribution in [1.82, 2.24) is 26.1 Å². The third kappa shape index (κ3) is 3.99. The Hall–Kier alpha value is -2.54. The van der Waals surface area contributed by atoms with E-state index in [0.29, 0.717) is 18.0 Å². The molecule has 3 saturated heterocycles. The van der Waals surface area contributed by atoms with Crippen molar-refractivity contribution >= 4 is 23.8 Å². The highest BCUT2D eigenvalue weighted by Crippen LogP contribution is 2.33. The van der Waals surface area contributed by atoms with Crippen LogP contribution < -0.4 is 16.2 Å². The number of nitrogens with one attached hydrogen (secondary N) is 3. The Balaban J connectivity index is 1.56. The minimum atomic E-state index is -4.56. The van der Waals surface area contributed by atoms with Crippen LogP contribution >= 0.6 is 0 Å². The van der Waals surface area contributed by atoms with Crippen molar-refractivity contribution in [2.45, 2.75) is 43.9 Å². The molecule has 4 N–H and O–H groups in total. The molecule has 0 aromatic rings. The molecule has 0 radical (unpaired) electrons. The van der Waals surface area contributed by atoms with Crippen LogP contribution in [0.15, 0.2) is 0 Å². The molecule has 0 aromatic heterocycles. The molecule has 0 aliphatic carbocycles. The fourth-order valence-corrected chi connectivity index (χ4v) is 3.57. The van der Waals surface area contributed by atoms with E-state index in [4.69, 9.17) is 5.11 Å². The van der Waals surface area contributed by atoms with E-state index in [9.17, 15) is 28.0 Å². The summed E-state index contributed by atoms with van der Waals surface area (Å²) in [5, 5.41) is 11.9.